The minimum Gasteiger partial charge on any atom is -0.455 e. The average Bonchev–Trinajstić information content (AvgIpc) is 2.64. The van der Waals surface area contributed by atoms with Crippen LogP contribution in [-0.4, -0.2) is 37.4 Å². The lowest BCUT2D eigenvalue weighted by Gasteiger charge is -2.13. The maximum absolute atomic E-state index is 12.1. The molecule has 0 aliphatic carbocycles. The molecule has 26 heavy (non-hydrogen) atoms. The van der Waals surface area contributed by atoms with Crippen molar-refractivity contribution in [3.63, 3.8) is 0 Å². The zero-order chi connectivity index (χ0) is 18.9. The number of nitrogens with zero attached hydrogens (tertiary/aromatic N) is 1. The predicted molar refractivity (Wildman–Crippen MR) is 101 cm³/mol. The molecule has 1 heterocycles. The van der Waals surface area contributed by atoms with Crippen LogP contribution in [0.5, 0.6) is 11.5 Å². The van der Waals surface area contributed by atoms with Gasteiger partial charge >= 0.3 is 0 Å². The summed E-state index contributed by atoms with van der Waals surface area (Å²) in [5.74, 6) is 0.614. The van der Waals surface area contributed by atoms with Crippen LogP contribution in [-0.2, 0) is 4.79 Å². The van der Waals surface area contributed by atoms with E-state index in [-0.39, 0.29) is 17.5 Å². The van der Waals surface area contributed by atoms with Crippen molar-refractivity contribution in [2.75, 3.05) is 26.0 Å². The van der Waals surface area contributed by atoms with Crippen LogP contribution >= 0.6 is 0 Å². The van der Waals surface area contributed by atoms with Crippen molar-refractivity contribution in [3.05, 3.63) is 47.8 Å². The van der Waals surface area contributed by atoms with E-state index >= 15 is 0 Å². The SMILES string of the molecule is CNCCCC(=O)Nc1ccc(C)cc1Oc1ccnc(C(=O)NC)c1. The van der Waals surface area contributed by atoms with Gasteiger partial charge in [-0.05, 0) is 50.7 Å². The lowest BCUT2D eigenvalue weighted by atomic mass is 10.2. The van der Waals surface area contributed by atoms with E-state index in [2.05, 4.69) is 20.9 Å². The highest BCUT2D eigenvalue weighted by atomic mass is 16.5. The smallest absolute Gasteiger partial charge is 0.269 e. The third-order valence-corrected chi connectivity index (χ3v) is 3.66. The average molecular weight is 356 g/mol. The molecular formula is C19H24N4O3. The molecule has 0 aliphatic heterocycles. The Bertz CT molecular complexity index is 777. The van der Waals surface area contributed by atoms with Crippen molar-refractivity contribution in [2.24, 2.45) is 0 Å². The normalized spacial score (nSPS) is 10.3. The number of ether oxygens (including phenoxy) is 1. The number of pyridine rings is 1. The number of carbonyl (C=O) groups is 2. The molecule has 0 unspecified atom stereocenters. The molecule has 138 valence electrons. The molecule has 0 saturated carbocycles. The first-order valence-corrected chi connectivity index (χ1v) is 8.44. The second-order valence-corrected chi connectivity index (χ2v) is 5.81. The Hall–Kier alpha value is -2.93. The van der Waals surface area contributed by atoms with Crippen molar-refractivity contribution in [1.82, 2.24) is 15.6 Å². The van der Waals surface area contributed by atoms with Crippen molar-refractivity contribution < 1.29 is 14.3 Å². The lowest BCUT2D eigenvalue weighted by molar-refractivity contribution is -0.116. The molecule has 0 radical (unpaired) electrons. The van der Waals surface area contributed by atoms with Gasteiger partial charge < -0.3 is 20.7 Å². The number of carbonyl (C=O) groups excluding carboxylic acids is 2. The first kappa shape index (κ1) is 19.4. The zero-order valence-corrected chi connectivity index (χ0v) is 15.3. The molecule has 0 saturated heterocycles. The summed E-state index contributed by atoms with van der Waals surface area (Å²) in [6.07, 6.45) is 2.68. The minimum atomic E-state index is -0.294. The molecule has 7 nitrogen and oxygen atoms in total. The molecule has 1 aromatic carbocycles. The summed E-state index contributed by atoms with van der Waals surface area (Å²) in [5, 5.41) is 8.42. The Morgan fingerprint density at radius 3 is 2.69 bits per heavy atom. The molecular weight excluding hydrogens is 332 g/mol. The van der Waals surface area contributed by atoms with Gasteiger partial charge in [-0.1, -0.05) is 6.07 Å². The molecule has 0 aliphatic rings. The lowest BCUT2D eigenvalue weighted by Crippen LogP contribution is -2.19. The van der Waals surface area contributed by atoms with Gasteiger partial charge in [-0.2, -0.15) is 0 Å². The van der Waals surface area contributed by atoms with Crippen LogP contribution in [0.4, 0.5) is 5.69 Å². The van der Waals surface area contributed by atoms with Crippen molar-refractivity contribution in [2.45, 2.75) is 19.8 Å². The van der Waals surface area contributed by atoms with Gasteiger partial charge in [-0.3, -0.25) is 14.6 Å². The Balaban J connectivity index is 2.17. The summed E-state index contributed by atoms with van der Waals surface area (Å²) in [6, 6.07) is 8.76. The molecule has 0 fully saturated rings. The van der Waals surface area contributed by atoms with E-state index in [1.54, 1.807) is 19.2 Å². The largest absolute Gasteiger partial charge is 0.455 e. The van der Waals surface area contributed by atoms with Gasteiger partial charge in [0.05, 0.1) is 5.69 Å². The summed E-state index contributed by atoms with van der Waals surface area (Å²) >= 11 is 0. The standard InChI is InChI=1S/C19H24N4O3/c1-13-6-7-15(23-18(24)5-4-9-20-2)17(11-13)26-14-8-10-22-16(12-14)19(25)21-3/h6-8,10-12,20H,4-5,9H2,1-3H3,(H,21,25)(H,23,24). The highest BCUT2D eigenvalue weighted by molar-refractivity contribution is 5.93. The Morgan fingerprint density at radius 2 is 1.96 bits per heavy atom. The number of aryl methyl sites for hydroxylation is 1. The number of aromatic nitrogens is 1. The van der Waals surface area contributed by atoms with Gasteiger partial charge in [0.1, 0.15) is 11.4 Å². The highest BCUT2D eigenvalue weighted by Crippen LogP contribution is 2.31. The number of benzene rings is 1. The van der Waals surface area contributed by atoms with Crippen LogP contribution in [0.25, 0.3) is 0 Å². The molecule has 2 amide bonds. The summed E-state index contributed by atoms with van der Waals surface area (Å²) in [6.45, 7) is 2.72. The van der Waals surface area contributed by atoms with E-state index < -0.39 is 0 Å². The van der Waals surface area contributed by atoms with Crippen molar-refractivity contribution in [3.8, 4) is 11.5 Å². The van der Waals surface area contributed by atoms with Crippen LogP contribution in [0, 0.1) is 6.92 Å². The first-order valence-electron chi connectivity index (χ1n) is 8.44. The Kier molecular flexibility index (Phi) is 7.11. The third kappa shape index (κ3) is 5.56. The predicted octanol–water partition coefficient (Wildman–Crippen LogP) is 2.48. The monoisotopic (exact) mass is 356 g/mol. The van der Waals surface area contributed by atoms with Crippen LogP contribution in [0.2, 0.25) is 0 Å². The number of nitrogens with one attached hydrogen (secondary N) is 3. The van der Waals surface area contributed by atoms with Gasteiger partial charge in [-0.15, -0.1) is 0 Å². The molecule has 7 heteroatoms. The van der Waals surface area contributed by atoms with E-state index in [0.717, 1.165) is 18.5 Å². The quantitative estimate of drug-likeness (QED) is 0.632. The summed E-state index contributed by atoms with van der Waals surface area (Å²) in [5.41, 5.74) is 1.84. The van der Waals surface area contributed by atoms with Gasteiger partial charge in [-0.25, -0.2) is 0 Å². The fraction of sp³-hybridized carbons (Fsp3) is 0.316. The molecule has 0 atom stereocenters. The van der Waals surface area contributed by atoms with Gasteiger partial charge in [0.2, 0.25) is 5.91 Å². The van der Waals surface area contributed by atoms with Crippen molar-refractivity contribution >= 4 is 17.5 Å². The fourth-order valence-electron chi connectivity index (χ4n) is 2.31. The summed E-state index contributed by atoms with van der Waals surface area (Å²) in [7, 11) is 3.39. The number of hydrogen-bond acceptors (Lipinski definition) is 5. The topological polar surface area (TPSA) is 92.3 Å². The summed E-state index contributed by atoms with van der Waals surface area (Å²) < 4.78 is 5.91. The maximum Gasteiger partial charge on any atom is 0.269 e. The Morgan fingerprint density at radius 1 is 1.15 bits per heavy atom. The highest BCUT2D eigenvalue weighted by Gasteiger charge is 2.11. The molecule has 2 aromatic rings. The van der Waals surface area contributed by atoms with E-state index in [9.17, 15) is 9.59 Å². The second-order valence-electron chi connectivity index (χ2n) is 5.81. The molecule has 1 aromatic heterocycles. The number of hydrogen-bond donors (Lipinski definition) is 3. The van der Waals surface area contributed by atoms with Crippen LogP contribution in [0.15, 0.2) is 36.5 Å². The summed E-state index contributed by atoms with van der Waals surface area (Å²) in [4.78, 5) is 27.8. The van der Waals surface area contributed by atoms with Crippen LogP contribution in [0.1, 0.15) is 28.9 Å². The molecule has 3 N–H and O–H groups in total. The number of anilines is 1. The number of amides is 2. The van der Waals surface area contributed by atoms with Gasteiger partial charge in [0.15, 0.2) is 5.75 Å². The zero-order valence-electron chi connectivity index (χ0n) is 15.3. The first-order chi connectivity index (χ1) is 12.5. The number of rotatable bonds is 8. The molecule has 0 spiro atoms. The third-order valence-electron chi connectivity index (χ3n) is 3.66. The maximum atomic E-state index is 12.1. The van der Waals surface area contributed by atoms with E-state index in [1.807, 2.05) is 32.2 Å². The van der Waals surface area contributed by atoms with Gasteiger partial charge in [0, 0.05) is 25.7 Å². The van der Waals surface area contributed by atoms with E-state index in [4.69, 9.17) is 4.74 Å². The second kappa shape index (κ2) is 9.53. The van der Waals surface area contributed by atoms with E-state index in [1.165, 1.54) is 6.20 Å². The molecule has 0 bridgehead atoms. The van der Waals surface area contributed by atoms with E-state index in [0.29, 0.717) is 23.6 Å². The molecule has 2 rings (SSSR count). The van der Waals surface area contributed by atoms with Gasteiger partial charge in [0.25, 0.3) is 5.91 Å². The minimum absolute atomic E-state index is 0.0743. The fourth-order valence-corrected chi connectivity index (χ4v) is 2.31. The van der Waals surface area contributed by atoms with Crippen LogP contribution in [0.3, 0.4) is 0 Å². The Labute approximate surface area is 153 Å². The van der Waals surface area contributed by atoms with Crippen molar-refractivity contribution in [1.29, 1.82) is 0 Å². The van der Waals surface area contributed by atoms with Crippen LogP contribution < -0.4 is 20.7 Å².